The summed E-state index contributed by atoms with van der Waals surface area (Å²) in [6, 6.07) is 14.7. The third-order valence-electron chi connectivity index (χ3n) is 3.39. The summed E-state index contributed by atoms with van der Waals surface area (Å²) in [5.74, 6) is 0. The van der Waals surface area contributed by atoms with E-state index in [1.54, 1.807) is 0 Å². The van der Waals surface area contributed by atoms with E-state index in [0.717, 1.165) is 30.9 Å². The molecule has 102 valence electrons. The zero-order chi connectivity index (χ0) is 13.8. The number of aryl methyl sites for hydroxylation is 1. The first-order valence-corrected chi connectivity index (χ1v) is 7.00. The topological polar surface area (TPSA) is 29.3 Å². The summed E-state index contributed by atoms with van der Waals surface area (Å²) < 4.78 is 2.05. The average Bonchev–Trinajstić information content (AvgIpc) is 2.86. The zero-order valence-electron chi connectivity index (χ0n) is 11.7. The van der Waals surface area contributed by atoms with Crippen LogP contribution < -0.4 is 5.32 Å². The Morgan fingerprint density at radius 2 is 2.10 bits per heavy atom. The van der Waals surface area contributed by atoms with Crippen LogP contribution in [-0.2, 0) is 13.0 Å². The molecule has 0 unspecified atom stereocenters. The van der Waals surface area contributed by atoms with Crippen molar-refractivity contribution in [2.75, 3.05) is 6.54 Å². The molecule has 1 N–H and O–H groups in total. The molecule has 0 saturated heterocycles. The van der Waals surface area contributed by atoms with E-state index in [4.69, 9.17) is 0 Å². The van der Waals surface area contributed by atoms with E-state index in [0.29, 0.717) is 0 Å². The zero-order valence-corrected chi connectivity index (χ0v) is 11.7. The van der Waals surface area contributed by atoms with Crippen molar-refractivity contribution in [1.29, 1.82) is 0 Å². The van der Waals surface area contributed by atoms with Crippen molar-refractivity contribution in [1.82, 2.24) is 14.7 Å². The number of hydrogen-bond donors (Lipinski definition) is 1. The molecule has 0 aliphatic carbocycles. The van der Waals surface area contributed by atoms with E-state index in [2.05, 4.69) is 52.1 Å². The van der Waals surface area contributed by atoms with Crippen molar-refractivity contribution in [3.05, 3.63) is 71.7 Å². The number of pyridine rings is 1. The van der Waals surface area contributed by atoms with Crippen LogP contribution in [0.4, 0.5) is 0 Å². The highest BCUT2D eigenvalue weighted by Crippen LogP contribution is 2.05. The Labute approximate surface area is 119 Å². The number of nitrogens with zero attached hydrogens (tertiary/aromatic N) is 2. The van der Waals surface area contributed by atoms with Gasteiger partial charge in [0.25, 0.3) is 0 Å². The summed E-state index contributed by atoms with van der Waals surface area (Å²) in [5, 5.41) is 3.45. The van der Waals surface area contributed by atoms with Gasteiger partial charge in [-0.25, -0.2) is 4.98 Å². The van der Waals surface area contributed by atoms with Crippen LogP contribution in [0.3, 0.4) is 0 Å². The number of benzene rings is 1. The van der Waals surface area contributed by atoms with E-state index >= 15 is 0 Å². The van der Waals surface area contributed by atoms with Gasteiger partial charge in [-0.2, -0.15) is 0 Å². The van der Waals surface area contributed by atoms with E-state index in [1.807, 2.05) is 24.4 Å². The molecule has 0 bridgehead atoms. The molecule has 0 aliphatic heterocycles. The lowest BCUT2D eigenvalue weighted by molar-refractivity contribution is 0.677. The van der Waals surface area contributed by atoms with E-state index in [1.165, 1.54) is 11.1 Å². The SMILES string of the molecule is Cc1cccc(CCNCc2cn3ccccc3n2)c1. The molecule has 0 spiro atoms. The monoisotopic (exact) mass is 265 g/mol. The lowest BCUT2D eigenvalue weighted by atomic mass is 10.1. The molecule has 0 amide bonds. The summed E-state index contributed by atoms with van der Waals surface area (Å²) in [6.45, 7) is 3.92. The Morgan fingerprint density at radius 3 is 2.95 bits per heavy atom. The van der Waals surface area contributed by atoms with Crippen molar-refractivity contribution in [3.8, 4) is 0 Å². The van der Waals surface area contributed by atoms with Crippen molar-refractivity contribution in [2.24, 2.45) is 0 Å². The molecular formula is C17H19N3. The lowest BCUT2D eigenvalue weighted by Crippen LogP contribution is -2.16. The fourth-order valence-electron chi connectivity index (χ4n) is 2.39. The molecule has 3 aromatic rings. The lowest BCUT2D eigenvalue weighted by Gasteiger charge is -2.04. The van der Waals surface area contributed by atoms with Crippen LogP contribution in [-0.4, -0.2) is 15.9 Å². The molecule has 2 aromatic heterocycles. The summed E-state index contributed by atoms with van der Waals surface area (Å²) in [7, 11) is 0. The van der Waals surface area contributed by atoms with Crippen molar-refractivity contribution >= 4 is 5.65 Å². The van der Waals surface area contributed by atoms with Crippen LogP contribution >= 0.6 is 0 Å². The number of rotatable bonds is 5. The van der Waals surface area contributed by atoms with Crippen molar-refractivity contribution in [2.45, 2.75) is 19.9 Å². The predicted molar refractivity (Wildman–Crippen MR) is 81.8 cm³/mol. The number of imidazole rings is 1. The largest absolute Gasteiger partial charge is 0.311 e. The highest BCUT2D eigenvalue weighted by molar-refractivity contribution is 5.39. The summed E-state index contributed by atoms with van der Waals surface area (Å²) in [6.07, 6.45) is 5.16. The van der Waals surface area contributed by atoms with Gasteiger partial charge in [-0.15, -0.1) is 0 Å². The first-order chi connectivity index (χ1) is 9.81. The summed E-state index contributed by atoms with van der Waals surface area (Å²) in [5.41, 5.74) is 4.79. The second-order valence-electron chi connectivity index (χ2n) is 5.11. The molecule has 3 heteroatoms. The molecular weight excluding hydrogens is 246 g/mol. The minimum absolute atomic E-state index is 0.813. The van der Waals surface area contributed by atoms with E-state index < -0.39 is 0 Å². The maximum Gasteiger partial charge on any atom is 0.137 e. The van der Waals surface area contributed by atoms with Gasteiger partial charge >= 0.3 is 0 Å². The minimum atomic E-state index is 0.813. The molecule has 20 heavy (non-hydrogen) atoms. The van der Waals surface area contributed by atoms with Crippen molar-refractivity contribution < 1.29 is 0 Å². The first kappa shape index (κ1) is 12.9. The van der Waals surface area contributed by atoms with Gasteiger partial charge in [-0.05, 0) is 37.6 Å². The molecule has 0 atom stereocenters. The number of fused-ring (bicyclic) bond motifs is 1. The molecule has 0 aliphatic rings. The van der Waals surface area contributed by atoms with Gasteiger partial charge in [0.1, 0.15) is 5.65 Å². The first-order valence-electron chi connectivity index (χ1n) is 7.00. The Morgan fingerprint density at radius 1 is 1.15 bits per heavy atom. The molecule has 0 saturated carbocycles. The third-order valence-corrected chi connectivity index (χ3v) is 3.39. The Hall–Kier alpha value is -2.13. The second-order valence-corrected chi connectivity index (χ2v) is 5.11. The molecule has 3 nitrogen and oxygen atoms in total. The summed E-state index contributed by atoms with van der Waals surface area (Å²) in [4.78, 5) is 4.57. The van der Waals surface area contributed by atoms with Gasteiger partial charge < -0.3 is 9.72 Å². The molecule has 1 aromatic carbocycles. The maximum atomic E-state index is 4.57. The van der Waals surface area contributed by atoms with Gasteiger partial charge in [0.15, 0.2) is 0 Å². The van der Waals surface area contributed by atoms with Crippen LogP contribution in [0, 0.1) is 6.92 Å². The Kier molecular flexibility index (Phi) is 3.79. The van der Waals surface area contributed by atoms with Gasteiger partial charge in [-0.1, -0.05) is 35.9 Å². The number of hydrogen-bond acceptors (Lipinski definition) is 2. The van der Waals surface area contributed by atoms with Crippen molar-refractivity contribution in [3.63, 3.8) is 0 Å². The Balaban J connectivity index is 1.52. The van der Waals surface area contributed by atoms with Crippen LogP contribution in [0.15, 0.2) is 54.9 Å². The molecule has 2 heterocycles. The third kappa shape index (κ3) is 3.06. The van der Waals surface area contributed by atoms with Crippen LogP contribution in [0.2, 0.25) is 0 Å². The van der Waals surface area contributed by atoms with Crippen LogP contribution in [0.25, 0.3) is 5.65 Å². The van der Waals surface area contributed by atoms with E-state index in [9.17, 15) is 0 Å². The van der Waals surface area contributed by atoms with Crippen LogP contribution in [0.5, 0.6) is 0 Å². The quantitative estimate of drug-likeness (QED) is 0.719. The maximum absolute atomic E-state index is 4.57. The van der Waals surface area contributed by atoms with Gasteiger partial charge in [-0.3, -0.25) is 0 Å². The van der Waals surface area contributed by atoms with Gasteiger partial charge in [0, 0.05) is 18.9 Å². The number of nitrogens with one attached hydrogen (secondary N) is 1. The van der Waals surface area contributed by atoms with E-state index in [-0.39, 0.29) is 0 Å². The predicted octanol–water partition coefficient (Wildman–Crippen LogP) is 2.98. The normalized spacial score (nSPS) is 11.1. The fourth-order valence-corrected chi connectivity index (χ4v) is 2.39. The smallest absolute Gasteiger partial charge is 0.137 e. The second kappa shape index (κ2) is 5.88. The Bertz CT molecular complexity index is 667. The molecule has 0 radical (unpaired) electrons. The summed E-state index contributed by atoms with van der Waals surface area (Å²) >= 11 is 0. The van der Waals surface area contributed by atoms with Gasteiger partial charge in [0.05, 0.1) is 5.69 Å². The standard InChI is InChI=1S/C17H19N3/c1-14-5-4-6-15(11-14)8-9-18-12-16-13-20-10-3-2-7-17(20)19-16/h2-7,10-11,13,18H,8-9,12H2,1H3. The minimum Gasteiger partial charge on any atom is -0.311 e. The average molecular weight is 265 g/mol. The highest BCUT2D eigenvalue weighted by Gasteiger charge is 2.00. The fraction of sp³-hybridized carbons (Fsp3) is 0.235. The van der Waals surface area contributed by atoms with Crippen LogP contribution in [0.1, 0.15) is 16.8 Å². The van der Waals surface area contributed by atoms with Gasteiger partial charge in [0.2, 0.25) is 0 Å². The highest BCUT2D eigenvalue weighted by atomic mass is 15.0. The molecule has 3 rings (SSSR count). The number of aromatic nitrogens is 2. The molecule has 0 fully saturated rings.